The largest absolute Gasteiger partial charge is 0.464 e. The monoisotopic (exact) mass is 291 g/mol. The van der Waals surface area contributed by atoms with E-state index >= 15 is 0 Å². The van der Waals surface area contributed by atoms with Crippen LogP contribution in [0, 0.1) is 0 Å². The number of carbonyl (C=O) groups is 1. The molecule has 0 N–H and O–H groups in total. The molecule has 4 nitrogen and oxygen atoms in total. The maximum atomic E-state index is 11.4. The van der Waals surface area contributed by atoms with Gasteiger partial charge >= 0.3 is 5.97 Å². The molecule has 0 spiro atoms. The average molecular weight is 292 g/mol. The van der Waals surface area contributed by atoms with Crippen molar-refractivity contribution in [2.75, 3.05) is 14.2 Å². The molecule has 0 aliphatic carbocycles. The summed E-state index contributed by atoms with van der Waals surface area (Å²) >= 11 is 4.76. The molecule has 82 valence electrons. The smallest absolute Gasteiger partial charge is 0.361 e. The van der Waals surface area contributed by atoms with Gasteiger partial charge in [0.2, 0.25) is 5.71 Å². The summed E-state index contributed by atoms with van der Waals surface area (Å²) in [6, 6.07) is 1.92. The van der Waals surface area contributed by atoms with Crippen LogP contribution >= 0.6 is 27.3 Å². The number of carbonyl (C=O) groups excluding carboxylic acids is 1. The molecule has 1 heterocycles. The Morgan fingerprint density at radius 3 is 2.87 bits per heavy atom. The number of hydrogen-bond acceptors (Lipinski definition) is 5. The van der Waals surface area contributed by atoms with E-state index in [0.29, 0.717) is 5.33 Å². The summed E-state index contributed by atoms with van der Waals surface area (Å²) in [7, 11) is 2.71. The van der Waals surface area contributed by atoms with Gasteiger partial charge in [0.05, 0.1) is 12.0 Å². The molecule has 0 saturated carbocycles. The molecule has 0 amide bonds. The fourth-order valence-electron chi connectivity index (χ4n) is 1.01. The Kier molecular flexibility index (Phi) is 4.77. The highest BCUT2D eigenvalue weighted by molar-refractivity contribution is 9.08. The van der Waals surface area contributed by atoms with E-state index in [1.165, 1.54) is 25.6 Å². The first-order valence-corrected chi connectivity index (χ1v) is 6.06. The molecule has 0 fully saturated rings. The van der Waals surface area contributed by atoms with Crippen molar-refractivity contribution in [3.05, 3.63) is 21.9 Å². The number of esters is 1. The number of oxime groups is 1. The zero-order valence-corrected chi connectivity index (χ0v) is 10.7. The molecular weight excluding hydrogens is 282 g/mol. The van der Waals surface area contributed by atoms with E-state index in [4.69, 9.17) is 0 Å². The third-order valence-corrected chi connectivity index (χ3v) is 3.23. The number of rotatable bonds is 4. The second-order valence-electron chi connectivity index (χ2n) is 2.52. The van der Waals surface area contributed by atoms with Crippen LogP contribution in [0.15, 0.2) is 16.6 Å². The molecule has 0 radical (unpaired) electrons. The fourth-order valence-corrected chi connectivity index (χ4v) is 2.55. The number of thiophene rings is 1. The second kappa shape index (κ2) is 5.87. The zero-order chi connectivity index (χ0) is 11.3. The van der Waals surface area contributed by atoms with Crippen molar-refractivity contribution in [1.29, 1.82) is 0 Å². The molecule has 0 aromatic carbocycles. The van der Waals surface area contributed by atoms with Gasteiger partial charge in [0.1, 0.15) is 7.11 Å². The minimum Gasteiger partial charge on any atom is -0.464 e. The van der Waals surface area contributed by atoms with Gasteiger partial charge in [0.15, 0.2) is 0 Å². The maximum absolute atomic E-state index is 11.4. The number of alkyl halides is 1. The predicted molar refractivity (Wildman–Crippen MR) is 62.5 cm³/mol. The van der Waals surface area contributed by atoms with Crippen molar-refractivity contribution < 1.29 is 14.4 Å². The standard InChI is InChI=1S/C9H10BrNO3S/c1-13-9(12)7(11-14-2)8-6(5-10)3-4-15-8/h3-4H,5H2,1-2H3. The number of hydrogen-bond donors (Lipinski definition) is 0. The van der Waals surface area contributed by atoms with E-state index in [2.05, 4.69) is 30.7 Å². The van der Waals surface area contributed by atoms with Gasteiger partial charge in [-0.1, -0.05) is 21.1 Å². The van der Waals surface area contributed by atoms with Crippen LogP contribution in [0.2, 0.25) is 0 Å². The average Bonchev–Trinajstić information content (AvgIpc) is 2.72. The lowest BCUT2D eigenvalue weighted by Crippen LogP contribution is -2.17. The molecular formula is C9H10BrNO3S. The van der Waals surface area contributed by atoms with E-state index in [1.54, 1.807) is 0 Å². The van der Waals surface area contributed by atoms with Gasteiger partial charge in [-0.3, -0.25) is 0 Å². The van der Waals surface area contributed by atoms with Gasteiger partial charge in [-0.05, 0) is 17.0 Å². The Bertz CT molecular complexity index is 375. The van der Waals surface area contributed by atoms with Crippen LogP contribution in [0.1, 0.15) is 10.4 Å². The van der Waals surface area contributed by atoms with Gasteiger partial charge < -0.3 is 9.57 Å². The van der Waals surface area contributed by atoms with Gasteiger partial charge in [-0.15, -0.1) is 11.3 Å². The molecule has 0 bridgehead atoms. The lowest BCUT2D eigenvalue weighted by Gasteiger charge is -2.02. The second-order valence-corrected chi connectivity index (χ2v) is 4.00. The highest BCUT2D eigenvalue weighted by atomic mass is 79.9. The first-order chi connectivity index (χ1) is 7.24. The minimum absolute atomic E-state index is 0.199. The van der Waals surface area contributed by atoms with E-state index in [0.717, 1.165) is 10.4 Å². The van der Waals surface area contributed by atoms with E-state index in [-0.39, 0.29) is 5.71 Å². The third-order valence-electron chi connectivity index (χ3n) is 1.67. The SMILES string of the molecule is CON=C(C(=O)OC)c1sccc1CBr. The van der Waals surface area contributed by atoms with Crippen LogP contribution in [-0.2, 0) is 19.7 Å². The Morgan fingerprint density at radius 2 is 2.33 bits per heavy atom. The lowest BCUT2D eigenvalue weighted by atomic mass is 10.2. The van der Waals surface area contributed by atoms with Crippen LogP contribution in [0.3, 0.4) is 0 Å². The normalized spacial score (nSPS) is 11.3. The lowest BCUT2D eigenvalue weighted by molar-refractivity contribution is -0.132. The number of nitrogens with zero attached hydrogens (tertiary/aromatic N) is 1. The molecule has 1 aromatic rings. The minimum atomic E-state index is -0.499. The van der Waals surface area contributed by atoms with Crippen molar-refractivity contribution in [2.45, 2.75) is 5.33 Å². The summed E-state index contributed by atoms with van der Waals surface area (Å²) in [5.74, 6) is -0.499. The van der Waals surface area contributed by atoms with Crippen LogP contribution in [0.25, 0.3) is 0 Å². The van der Waals surface area contributed by atoms with Crippen molar-refractivity contribution in [3.63, 3.8) is 0 Å². The van der Waals surface area contributed by atoms with E-state index in [9.17, 15) is 4.79 Å². The predicted octanol–water partition coefficient (Wildman–Crippen LogP) is 2.17. The van der Waals surface area contributed by atoms with Crippen molar-refractivity contribution in [1.82, 2.24) is 0 Å². The third kappa shape index (κ3) is 2.79. The molecule has 0 atom stereocenters. The zero-order valence-electron chi connectivity index (χ0n) is 8.32. The van der Waals surface area contributed by atoms with E-state index < -0.39 is 5.97 Å². The topological polar surface area (TPSA) is 47.9 Å². The first kappa shape index (κ1) is 12.2. The Hall–Kier alpha value is -0.880. The summed E-state index contributed by atoms with van der Waals surface area (Å²) in [6.45, 7) is 0. The van der Waals surface area contributed by atoms with Crippen molar-refractivity contribution in [2.24, 2.45) is 5.16 Å². The maximum Gasteiger partial charge on any atom is 0.361 e. The molecule has 1 aromatic heterocycles. The Morgan fingerprint density at radius 1 is 1.60 bits per heavy atom. The summed E-state index contributed by atoms with van der Waals surface area (Å²) in [5.41, 5.74) is 1.19. The number of halogens is 1. The molecule has 6 heteroatoms. The molecule has 0 aliphatic heterocycles. The highest BCUT2D eigenvalue weighted by Crippen LogP contribution is 2.21. The van der Waals surface area contributed by atoms with Gasteiger partial charge in [-0.2, -0.15) is 0 Å². The molecule has 15 heavy (non-hydrogen) atoms. The van der Waals surface area contributed by atoms with Crippen molar-refractivity contribution >= 4 is 38.9 Å². The highest BCUT2D eigenvalue weighted by Gasteiger charge is 2.19. The summed E-state index contributed by atoms with van der Waals surface area (Å²) in [6.07, 6.45) is 0. The van der Waals surface area contributed by atoms with Gasteiger partial charge in [0.25, 0.3) is 0 Å². The molecule has 1 rings (SSSR count). The van der Waals surface area contributed by atoms with E-state index in [1.807, 2.05) is 11.4 Å². The van der Waals surface area contributed by atoms with Gasteiger partial charge in [0, 0.05) is 5.33 Å². The van der Waals surface area contributed by atoms with Crippen LogP contribution in [0.5, 0.6) is 0 Å². The van der Waals surface area contributed by atoms with Crippen LogP contribution in [0.4, 0.5) is 0 Å². The number of ether oxygens (including phenoxy) is 1. The Balaban J connectivity index is 3.10. The number of methoxy groups -OCH3 is 1. The van der Waals surface area contributed by atoms with Crippen LogP contribution in [-0.4, -0.2) is 25.9 Å². The quantitative estimate of drug-likeness (QED) is 0.370. The summed E-state index contributed by atoms with van der Waals surface area (Å²) in [5, 5.41) is 6.22. The molecule has 0 aliphatic rings. The van der Waals surface area contributed by atoms with Crippen molar-refractivity contribution in [3.8, 4) is 0 Å². The summed E-state index contributed by atoms with van der Waals surface area (Å²) < 4.78 is 4.63. The van der Waals surface area contributed by atoms with Crippen LogP contribution < -0.4 is 0 Å². The molecule has 0 saturated heterocycles. The summed E-state index contributed by atoms with van der Waals surface area (Å²) in [4.78, 5) is 16.8. The molecule has 0 unspecified atom stereocenters. The Labute approximate surface area is 100 Å². The van der Waals surface area contributed by atoms with Gasteiger partial charge in [-0.25, -0.2) is 4.79 Å². The fraction of sp³-hybridized carbons (Fsp3) is 0.333. The first-order valence-electron chi connectivity index (χ1n) is 4.06.